The first-order valence-corrected chi connectivity index (χ1v) is 14.2. The molecule has 208 valence electrons. The molecular formula is C29H30F3N7O. The van der Waals surface area contributed by atoms with Gasteiger partial charge in [-0.05, 0) is 63.7 Å². The zero-order valence-electron chi connectivity index (χ0n) is 22.0. The fourth-order valence-electron chi connectivity index (χ4n) is 7.49. The minimum atomic E-state index is -1.05. The maximum atomic E-state index is 16.4. The van der Waals surface area contributed by atoms with E-state index in [2.05, 4.69) is 30.1 Å². The summed E-state index contributed by atoms with van der Waals surface area (Å²) in [6.45, 7) is 4.09. The summed E-state index contributed by atoms with van der Waals surface area (Å²) in [5, 5.41) is 4.05. The van der Waals surface area contributed by atoms with Crippen molar-refractivity contribution in [2.45, 2.75) is 56.1 Å². The summed E-state index contributed by atoms with van der Waals surface area (Å²) >= 11 is 0. The van der Waals surface area contributed by atoms with Gasteiger partial charge in [0.1, 0.15) is 23.6 Å². The van der Waals surface area contributed by atoms with Crippen molar-refractivity contribution in [2.75, 3.05) is 37.7 Å². The summed E-state index contributed by atoms with van der Waals surface area (Å²) < 4.78 is 51.6. The fourth-order valence-corrected chi connectivity index (χ4v) is 7.49. The van der Waals surface area contributed by atoms with E-state index in [1.165, 1.54) is 12.3 Å². The summed E-state index contributed by atoms with van der Waals surface area (Å²) in [7, 11) is 0. The van der Waals surface area contributed by atoms with E-state index < -0.39 is 17.5 Å². The summed E-state index contributed by atoms with van der Waals surface area (Å²) in [4.78, 5) is 21.4. The van der Waals surface area contributed by atoms with Gasteiger partial charge < -0.3 is 19.9 Å². The maximum absolute atomic E-state index is 16.4. The number of hydrogen-bond donors (Lipinski definition) is 2. The molecule has 40 heavy (non-hydrogen) atoms. The Kier molecular flexibility index (Phi) is 5.50. The molecule has 2 bridgehead atoms. The quantitative estimate of drug-likeness (QED) is 0.378. The van der Waals surface area contributed by atoms with Crippen molar-refractivity contribution in [2.24, 2.45) is 0 Å². The van der Waals surface area contributed by atoms with E-state index in [0.29, 0.717) is 35.4 Å². The van der Waals surface area contributed by atoms with Gasteiger partial charge in [-0.3, -0.25) is 9.88 Å². The van der Waals surface area contributed by atoms with Crippen molar-refractivity contribution in [1.82, 2.24) is 30.2 Å². The maximum Gasteiger partial charge on any atom is 0.319 e. The Morgan fingerprint density at radius 1 is 1.00 bits per heavy atom. The van der Waals surface area contributed by atoms with Crippen LogP contribution in [0.1, 0.15) is 38.5 Å². The zero-order valence-corrected chi connectivity index (χ0v) is 22.0. The van der Waals surface area contributed by atoms with Crippen LogP contribution in [0.2, 0.25) is 0 Å². The predicted molar refractivity (Wildman–Crippen MR) is 145 cm³/mol. The number of nitrogens with one attached hydrogen (secondary N) is 2. The molecule has 0 spiro atoms. The Balaban J connectivity index is 1.25. The van der Waals surface area contributed by atoms with Gasteiger partial charge in [-0.15, -0.1) is 0 Å². The lowest BCUT2D eigenvalue weighted by molar-refractivity contribution is 0.108. The van der Waals surface area contributed by atoms with Gasteiger partial charge >= 0.3 is 6.01 Å². The summed E-state index contributed by atoms with van der Waals surface area (Å²) in [6, 6.07) is 3.29. The second-order valence-electron chi connectivity index (χ2n) is 11.7. The minimum absolute atomic E-state index is 0.0137. The number of rotatable bonds is 5. The normalized spacial score (nSPS) is 23.9. The van der Waals surface area contributed by atoms with Crippen molar-refractivity contribution in [3.63, 3.8) is 0 Å². The average molecular weight is 550 g/mol. The van der Waals surface area contributed by atoms with Gasteiger partial charge in [0.15, 0.2) is 17.5 Å². The molecule has 8 rings (SSSR count). The SMILES string of the molecule is Fc1ccc2[nH]cc(-c3ncc4c(N5C[C@H]6CC[C@@H](C5)N6)nc(OCC56CCCN5CCC6)nc4c3F)c2c1F. The molecule has 8 nitrogen and oxygen atoms in total. The number of pyridine rings is 1. The van der Waals surface area contributed by atoms with Crippen LogP contribution in [0.15, 0.2) is 24.5 Å². The van der Waals surface area contributed by atoms with Crippen LogP contribution in [0.4, 0.5) is 19.0 Å². The number of nitrogens with zero attached hydrogens (tertiary/aromatic N) is 5. The molecule has 4 aromatic rings. The van der Waals surface area contributed by atoms with Gasteiger partial charge in [0.2, 0.25) is 0 Å². The number of aromatic nitrogens is 4. The monoisotopic (exact) mass is 549 g/mol. The first kappa shape index (κ1) is 24.4. The molecule has 0 aliphatic carbocycles. The molecule has 4 aliphatic heterocycles. The van der Waals surface area contributed by atoms with Crippen LogP contribution in [-0.2, 0) is 0 Å². The summed E-state index contributed by atoms with van der Waals surface area (Å²) in [5.41, 5.74) is 0.446. The number of piperazine rings is 1. The number of anilines is 1. The molecule has 1 aromatic carbocycles. The summed E-state index contributed by atoms with van der Waals surface area (Å²) in [6.07, 6.45) is 9.59. The van der Waals surface area contributed by atoms with Gasteiger partial charge in [0, 0.05) is 54.0 Å². The van der Waals surface area contributed by atoms with E-state index in [9.17, 15) is 8.78 Å². The fraction of sp³-hybridized carbons (Fsp3) is 0.483. The molecule has 4 aliphatic rings. The number of halogens is 3. The van der Waals surface area contributed by atoms with Gasteiger partial charge in [-0.1, -0.05) is 0 Å². The molecule has 0 amide bonds. The number of hydrogen-bond acceptors (Lipinski definition) is 7. The lowest BCUT2D eigenvalue weighted by Crippen LogP contribution is -2.51. The molecular weight excluding hydrogens is 519 g/mol. The third-order valence-corrected chi connectivity index (χ3v) is 9.43. The molecule has 0 radical (unpaired) electrons. The molecule has 4 fully saturated rings. The van der Waals surface area contributed by atoms with Gasteiger partial charge in [0.05, 0.1) is 10.9 Å². The number of aromatic amines is 1. The van der Waals surface area contributed by atoms with Crippen molar-refractivity contribution < 1.29 is 17.9 Å². The Hall–Kier alpha value is -3.44. The lowest BCUT2D eigenvalue weighted by atomic mass is 9.95. The van der Waals surface area contributed by atoms with Crippen molar-refractivity contribution in [1.29, 1.82) is 0 Å². The number of fused-ring (bicyclic) bond motifs is 5. The lowest BCUT2D eigenvalue weighted by Gasteiger charge is -2.34. The van der Waals surface area contributed by atoms with Crippen LogP contribution < -0.4 is 15.0 Å². The zero-order chi connectivity index (χ0) is 27.0. The van der Waals surface area contributed by atoms with Gasteiger partial charge in [-0.2, -0.15) is 9.97 Å². The smallest absolute Gasteiger partial charge is 0.319 e. The third-order valence-electron chi connectivity index (χ3n) is 9.43. The molecule has 0 saturated carbocycles. The predicted octanol–water partition coefficient (Wildman–Crippen LogP) is 4.54. The second kappa shape index (κ2) is 9.04. The Morgan fingerprint density at radius 3 is 2.55 bits per heavy atom. The second-order valence-corrected chi connectivity index (χ2v) is 11.7. The molecule has 7 heterocycles. The van der Waals surface area contributed by atoms with Crippen LogP contribution >= 0.6 is 0 Å². The van der Waals surface area contributed by atoms with E-state index in [1.54, 1.807) is 6.20 Å². The molecule has 0 unspecified atom stereocenters. The average Bonchev–Trinajstić information content (AvgIpc) is 3.73. The number of H-pyrrole nitrogens is 1. The van der Waals surface area contributed by atoms with Crippen LogP contribution in [0, 0.1) is 17.5 Å². The highest BCUT2D eigenvalue weighted by atomic mass is 19.2. The molecule has 2 N–H and O–H groups in total. The minimum Gasteiger partial charge on any atom is -0.461 e. The van der Waals surface area contributed by atoms with Gasteiger partial charge in [0.25, 0.3) is 0 Å². The number of benzene rings is 1. The molecule has 2 atom stereocenters. The summed E-state index contributed by atoms with van der Waals surface area (Å²) in [5.74, 6) is -2.17. The third kappa shape index (κ3) is 3.70. The van der Waals surface area contributed by atoms with Crippen LogP contribution in [0.3, 0.4) is 0 Å². The standard InChI is InChI=1S/C29H30F3N7O/c30-20-5-6-21-22(23(20)31)18(11-33-21)25-24(32)26-19(12-34-25)27(38-13-16-3-4-17(14-38)35-16)37-28(36-26)40-15-29-7-1-9-39(29)10-2-8-29/h5-6,11-12,16-17,33,35H,1-4,7-10,13-15H2/t16-,17+. The topological polar surface area (TPSA) is 82.2 Å². The van der Waals surface area contributed by atoms with Gasteiger partial charge in [-0.25, -0.2) is 13.2 Å². The highest BCUT2D eigenvalue weighted by molar-refractivity contribution is 5.98. The molecule has 3 aromatic heterocycles. The first-order valence-electron chi connectivity index (χ1n) is 14.2. The largest absolute Gasteiger partial charge is 0.461 e. The van der Waals surface area contributed by atoms with Crippen molar-refractivity contribution in [3.8, 4) is 17.3 Å². The number of ether oxygens (including phenoxy) is 1. The highest BCUT2D eigenvalue weighted by Gasteiger charge is 2.45. The van der Waals surface area contributed by atoms with E-state index in [-0.39, 0.29) is 33.7 Å². The van der Waals surface area contributed by atoms with Crippen LogP contribution in [-0.4, -0.2) is 75.2 Å². The van der Waals surface area contributed by atoms with E-state index in [0.717, 1.165) is 70.8 Å². The molecule has 4 saturated heterocycles. The highest BCUT2D eigenvalue weighted by Crippen LogP contribution is 2.40. The van der Waals surface area contributed by atoms with E-state index in [4.69, 9.17) is 9.72 Å². The Morgan fingerprint density at radius 2 is 1.77 bits per heavy atom. The van der Waals surface area contributed by atoms with Crippen LogP contribution in [0.25, 0.3) is 33.1 Å². The van der Waals surface area contributed by atoms with E-state index in [1.807, 2.05) is 0 Å². The Labute approximate surface area is 228 Å². The molecule has 11 heteroatoms. The van der Waals surface area contributed by atoms with Crippen molar-refractivity contribution in [3.05, 3.63) is 42.0 Å². The Bertz CT molecular complexity index is 1620. The first-order chi connectivity index (χ1) is 19.5. The van der Waals surface area contributed by atoms with E-state index >= 15 is 4.39 Å². The van der Waals surface area contributed by atoms with Crippen LogP contribution in [0.5, 0.6) is 6.01 Å². The van der Waals surface area contributed by atoms with Crippen molar-refractivity contribution >= 4 is 27.6 Å².